The predicted molar refractivity (Wildman–Crippen MR) is 133 cm³/mol. The molecule has 3 aromatic rings. The molecule has 1 fully saturated rings. The summed E-state index contributed by atoms with van der Waals surface area (Å²) in [6, 6.07) is 18.5. The van der Waals surface area contributed by atoms with Crippen LogP contribution in [0.5, 0.6) is 0 Å². The monoisotopic (exact) mass is 508 g/mol. The lowest BCUT2D eigenvalue weighted by atomic mass is 10.0. The average Bonchev–Trinajstić information content (AvgIpc) is 3.30. The number of β-lactam (4-membered cyclic amide) rings is 1. The molecule has 1 saturated heterocycles. The molecule has 3 heterocycles. The number of aryl methyl sites for hydroxylation is 1. The van der Waals surface area contributed by atoms with E-state index < -0.39 is 18.1 Å². The first-order chi connectivity index (χ1) is 17.0. The van der Waals surface area contributed by atoms with Gasteiger partial charge in [0.2, 0.25) is 11.1 Å². The van der Waals surface area contributed by atoms with Crippen molar-refractivity contribution in [3.05, 3.63) is 83.1 Å². The SMILES string of the molecule is C[C@H]1S[C@H]2C(N)C(=O)N2C(C(=O)OC(c2ccccc2)c2ccccc2)=C1CSc1nnnn1C. The van der Waals surface area contributed by atoms with Crippen molar-refractivity contribution in [2.45, 2.75) is 34.8 Å². The number of hydrogen-bond acceptors (Lipinski definition) is 9. The number of nitrogens with zero attached hydrogens (tertiary/aromatic N) is 5. The van der Waals surface area contributed by atoms with Gasteiger partial charge in [0.25, 0.3) is 0 Å². The quantitative estimate of drug-likeness (QED) is 0.292. The van der Waals surface area contributed by atoms with Crippen molar-refractivity contribution in [2.24, 2.45) is 12.8 Å². The van der Waals surface area contributed by atoms with Gasteiger partial charge < -0.3 is 10.5 Å². The fraction of sp³-hybridized carbons (Fsp3) is 0.292. The minimum absolute atomic E-state index is 0.0430. The Labute approximate surface area is 211 Å². The highest BCUT2D eigenvalue weighted by molar-refractivity contribution is 8.01. The Balaban J connectivity index is 1.51. The molecule has 3 atom stereocenters. The van der Waals surface area contributed by atoms with E-state index in [4.69, 9.17) is 10.5 Å². The predicted octanol–water partition coefficient (Wildman–Crippen LogP) is 2.52. The number of rotatable bonds is 7. The second-order valence-corrected chi connectivity index (χ2v) is 10.7. The molecular formula is C24H24N6O3S2. The smallest absolute Gasteiger partial charge is 0.356 e. The van der Waals surface area contributed by atoms with Crippen molar-refractivity contribution >= 4 is 35.4 Å². The third-order valence-corrected chi connectivity index (χ3v) is 8.56. The Morgan fingerprint density at radius 1 is 1.14 bits per heavy atom. The Morgan fingerprint density at radius 3 is 2.34 bits per heavy atom. The molecule has 2 aliphatic rings. The second-order valence-electron chi connectivity index (χ2n) is 8.26. The van der Waals surface area contributed by atoms with Crippen LogP contribution < -0.4 is 5.73 Å². The zero-order chi connectivity index (χ0) is 24.5. The molecule has 0 spiro atoms. The maximum Gasteiger partial charge on any atom is 0.356 e. The molecule has 1 amide bonds. The summed E-state index contributed by atoms with van der Waals surface area (Å²) < 4.78 is 7.71. The molecule has 35 heavy (non-hydrogen) atoms. The third kappa shape index (κ3) is 4.46. The van der Waals surface area contributed by atoms with Gasteiger partial charge in [-0.3, -0.25) is 9.69 Å². The van der Waals surface area contributed by atoms with Gasteiger partial charge in [0.15, 0.2) is 6.10 Å². The zero-order valence-electron chi connectivity index (χ0n) is 19.1. The summed E-state index contributed by atoms with van der Waals surface area (Å²) in [5.41, 5.74) is 8.83. The lowest BCUT2D eigenvalue weighted by molar-refractivity contribution is -0.153. The van der Waals surface area contributed by atoms with Gasteiger partial charge in [-0.15, -0.1) is 16.9 Å². The molecule has 2 N–H and O–H groups in total. The molecule has 2 aromatic carbocycles. The van der Waals surface area contributed by atoms with E-state index in [0.717, 1.165) is 16.7 Å². The first kappa shape index (κ1) is 23.6. The van der Waals surface area contributed by atoms with Crippen molar-refractivity contribution in [1.29, 1.82) is 0 Å². The van der Waals surface area contributed by atoms with E-state index in [1.165, 1.54) is 16.7 Å². The van der Waals surface area contributed by atoms with Gasteiger partial charge >= 0.3 is 5.97 Å². The summed E-state index contributed by atoms with van der Waals surface area (Å²) >= 11 is 2.98. The van der Waals surface area contributed by atoms with Crippen LogP contribution in [0.2, 0.25) is 0 Å². The van der Waals surface area contributed by atoms with Crippen LogP contribution in [0, 0.1) is 0 Å². The van der Waals surface area contributed by atoms with Crippen molar-refractivity contribution in [3.8, 4) is 0 Å². The minimum atomic E-state index is -0.638. The van der Waals surface area contributed by atoms with Crippen LogP contribution in [-0.4, -0.2) is 59.4 Å². The van der Waals surface area contributed by atoms with E-state index in [2.05, 4.69) is 15.5 Å². The number of benzene rings is 2. The number of aromatic nitrogens is 4. The normalized spacial score (nSPS) is 21.7. The van der Waals surface area contributed by atoms with Gasteiger partial charge in [-0.05, 0) is 34.1 Å². The van der Waals surface area contributed by atoms with Gasteiger partial charge in [-0.1, -0.05) is 72.4 Å². The van der Waals surface area contributed by atoms with Crippen LogP contribution in [0.3, 0.4) is 0 Å². The van der Waals surface area contributed by atoms with E-state index in [-0.39, 0.29) is 22.2 Å². The van der Waals surface area contributed by atoms with Crippen LogP contribution >= 0.6 is 23.5 Å². The first-order valence-electron chi connectivity index (χ1n) is 11.1. The van der Waals surface area contributed by atoms with Crippen molar-refractivity contribution in [1.82, 2.24) is 25.1 Å². The zero-order valence-corrected chi connectivity index (χ0v) is 20.8. The number of ether oxygens (including phenoxy) is 1. The number of carbonyl (C=O) groups excluding carboxylic acids is 2. The highest BCUT2D eigenvalue weighted by Crippen LogP contribution is 2.45. The topological polar surface area (TPSA) is 116 Å². The summed E-state index contributed by atoms with van der Waals surface area (Å²) in [6.07, 6.45) is -0.623. The largest absolute Gasteiger partial charge is 0.448 e. The number of esters is 1. The molecule has 9 nitrogen and oxygen atoms in total. The van der Waals surface area contributed by atoms with Crippen LogP contribution in [0.15, 0.2) is 77.1 Å². The number of nitrogens with two attached hydrogens (primary N) is 1. The Kier molecular flexibility index (Phi) is 6.63. The number of tetrazole rings is 1. The number of carbonyl (C=O) groups is 2. The first-order valence-corrected chi connectivity index (χ1v) is 13.0. The molecule has 1 aromatic heterocycles. The second kappa shape index (κ2) is 9.84. The van der Waals surface area contributed by atoms with E-state index in [1.54, 1.807) is 23.5 Å². The third-order valence-electron chi connectivity index (χ3n) is 6.02. The molecule has 2 aliphatic heterocycles. The molecular weight excluding hydrogens is 484 g/mol. The lowest BCUT2D eigenvalue weighted by Gasteiger charge is -2.50. The van der Waals surface area contributed by atoms with Crippen LogP contribution in [0.4, 0.5) is 0 Å². The summed E-state index contributed by atoms with van der Waals surface area (Å²) in [4.78, 5) is 28.1. The maximum absolute atomic E-state index is 13.8. The number of hydrogen-bond donors (Lipinski definition) is 1. The van der Waals surface area contributed by atoms with Crippen LogP contribution in [0.25, 0.3) is 0 Å². The summed E-state index contributed by atoms with van der Waals surface area (Å²) in [5, 5.41) is 11.8. The molecule has 180 valence electrons. The Hall–Kier alpha value is -3.15. The number of fused-ring (bicyclic) bond motifs is 1. The van der Waals surface area contributed by atoms with E-state index in [9.17, 15) is 9.59 Å². The number of amides is 1. The fourth-order valence-corrected chi connectivity index (χ4v) is 6.64. The summed E-state index contributed by atoms with van der Waals surface area (Å²) in [5.74, 6) is -0.396. The van der Waals surface area contributed by atoms with Crippen molar-refractivity contribution in [3.63, 3.8) is 0 Å². The van der Waals surface area contributed by atoms with E-state index >= 15 is 0 Å². The average molecular weight is 509 g/mol. The molecule has 11 heteroatoms. The molecule has 0 radical (unpaired) electrons. The van der Waals surface area contributed by atoms with Gasteiger partial charge in [0, 0.05) is 18.1 Å². The van der Waals surface area contributed by atoms with E-state index in [1.807, 2.05) is 67.6 Å². The van der Waals surface area contributed by atoms with E-state index in [0.29, 0.717) is 10.9 Å². The summed E-state index contributed by atoms with van der Waals surface area (Å²) in [7, 11) is 1.75. The summed E-state index contributed by atoms with van der Waals surface area (Å²) in [6.45, 7) is 2.02. The molecule has 0 bridgehead atoms. The van der Waals surface area contributed by atoms with Gasteiger partial charge in [0.05, 0.1) is 0 Å². The Morgan fingerprint density at radius 2 is 1.77 bits per heavy atom. The molecule has 5 rings (SSSR count). The molecule has 0 aliphatic carbocycles. The molecule has 0 saturated carbocycles. The molecule has 1 unspecified atom stereocenters. The van der Waals surface area contributed by atoms with Crippen LogP contribution in [-0.2, 0) is 21.4 Å². The maximum atomic E-state index is 13.8. The lowest BCUT2D eigenvalue weighted by Crippen LogP contribution is -2.69. The van der Waals surface area contributed by atoms with Crippen LogP contribution in [0.1, 0.15) is 24.2 Å². The van der Waals surface area contributed by atoms with Crippen molar-refractivity contribution in [2.75, 3.05) is 5.75 Å². The standard InChI is InChI=1S/C24H24N6O3S2/c1-14-17(13-34-24-26-27-28-29(24)2)19(30-21(31)18(25)22(30)35-14)23(32)33-20(15-9-5-3-6-10-15)16-11-7-4-8-12-16/h3-12,14,18,20,22H,13,25H2,1-2H3/t14-,18?,22+/m1/s1. The fourth-order valence-electron chi connectivity index (χ4n) is 4.16. The van der Waals surface area contributed by atoms with Gasteiger partial charge in [-0.2, -0.15) is 0 Å². The highest BCUT2D eigenvalue weighted by atomic mass is 32.2. The number of thioether (sulfide) groups is 2. The van der Waals surface area contributed by atoms with Gasteiger partial charge in [-0.25, -0.2) is 9.48 Å². The van der Waals surface area contributed by atoms with Gasteiger partial charge in [0.1, 0.15) is 17.1 Å². The minimum Gasteiger partial charge on any atom is -0.448 e. The Bertz CT molecular complexity index is 1230. The van der Waals surface area contributed by atoms with Crippen molar-refractivity contribution < 1.29 is 14.3 Å². The highest BCUT2D eigenvalue weighted by Gasteiger charge is 2.53.